The summed E-state index contributed by atoms with van der Waals surface area (Å²) in [6.45, 7) is 4.30. The summed E-state index contributed by atoms with van der Waals surface area (Å²) < 4.78 is 0. The molecule has 5 heteroatoms. The van der Waals surface area contributed by atoms with Gasteiger partial charge in [0.15, 0.2) is 5.16 Å². The number of hydrogen-bond acceptors (Lipinski definition) is 3. The molecule has 1 aromatic carbocycles. The van der Waals surface area contributed by atoms with E-state index < -0.39 is 0 Å². The highest BCUT2D eigenvalue weighted by molar-refractivity contribution is 7.99. The van der Waals surface area contributed by atoms with Crippen LogP contribution in [0.2, 0.25) is 0 Å². The average molecular weight is 317 g/mol. The predicted octanol–water partition coefficient (Wildman–Crippen LogP) is 3.66. The number of aryl methyl sites for hydroxylation is 1. The third-order valence-corrected chi connectivity index (χ3v) is 5.29. The molecule has 0 saturated heterocycles. The van der Waals surface area contributed by atoms with Crippen molar-refractivity contribution in [3.63, 3.8) is 0 Å². The maximum atomic E-state index is 12.1. The summed E-state index contributed by atoms with van der Waals surface area (Å²) in [5.74, 6) is 1.12. The number of nitrogens with one attached hydrogen (secondary N) is 2. The zero-order chi connectivity index (χ0) is 15.5. The Hall–Kier alpha value is -1.49. The molecule has 2 N–H and O–H groups in total. The van der Waals surface area contributed by atoms with Crippen LogP contribution in [0.5, 0.6) is 0 Å². The van der Waals surface area contributed by atoms with Gasteiger partial charge >= 0.3 is 0 Å². The summed E-state index contributed by atoms with van der Waals surface area (Å²) in [5.41, 5.74) is 3.19. The second-order valence-electron chi connectivity index (χ2n) is 6.29. The number of benzene rings is 1. The van der Waals surface area contributed by atoms with Crippen LogP contribution in [0.15, 0.2) is 23.4 Å². The Morgan fingerprint density at radius 3 is 3.05 bits per heavy atom. The van der Waals surface area contributed by atoms with Gasteiger partial charge in [-0.05, 0) is 43.4 Å². The number of H-pyrrole nitrogens is 1. The van der Waals surface area contributed by atoms with E-state index in [1.165, 1.54) is 36.6 Å². The smallest absolute Gasteiger partial charge is 0.230 e. The van der Waals surface area contributed by atoms with Gasteiger partial charge in [-0.15, -0.1) is 0 Å². The molecule has 0 radical (unpaired) electrons. The summed E-state index contributed by atoms with van der Waals surface area (Å²) in [4.78, 5) is 19.9. The number of thioether (sulfide) groups is 1. The van der Waals surface area contributed by atoms with E-state index in [0.29, 0.717) is 17.7 Å². The van der Waals surface area contributed by atoms with Crippen LogP contribution >= 0.6 is 11.8 Å². The van der Waals surface area contributed by atoms with Crippen molar-refractivity contribution in [3.8, 4) is 0 Å². The van der Waals surface area contributed by atoms with Crippen LogP contribution in [0, 0.1) is 12.8 Å². The zero-order valence-corrected chi connectivity index (χ0v) is 14.0. The largest absolute Gasteiger partial charge is 0.352 e. The Bertz CT molecular complexity index is 667. The molecule has 0 spiro atoms. The van der Waals surface area contributed by atoms with Crippen molar-refractivity contribution < 1.29 is 4.79 Å². The molecule has 22 heavy (non-hydrogen) atoms. The SMILES string of the molecule is Cc1ccc2nc(SCC(=O)N[C@@H]3CCCC[C@H]3C)[nH]c2c1. The highest BCUT2D eigenvalue weighted by Gasteiger charge is 2.22. The molecule has 118 valence electrons. The molecule has 2 atom stereocenters. The molecule has 2 aromatic rings. The number of aromatic nitrogens is 2. The highest BCUT2D eigenvalue weighted by Crippen LogP contribution is 2.24. The predicted molar refractivity (Wildman–Crippen MR) is 91.1 cm³/mol. The van der Waals surface area contributed by atoms with Crippen LogP contribution in [-0.4, -0.2) is 27.7 Å². The fourth-order valence-corrected chi connectivity index (χ4v) is 3.78. The first-order valence-corrected chi connectivity index (χ1v) is 8.99. The first-order valence-electron chi connectivity index (χ1n) is 8.00. The third-order valence-electron chi connectivity index (χ3n) is 4.41. The lowest BCUT2D eigenvalue weighted by atomic mass is 9.86. The van der Waals surface area contributed by atoms with E-state index in [1.54, 1.807) is 0 Å². The van der Waals surface area contributed by atoms with Crippen LogP contribution in [0.4, 0.5) is 0 Å². The van der Waals surface area contributed by atoms with E-state index >= 15 is 0 Å². The van der Waals surface area contributed by atoms with Crippen molar-refractivity contribution in [1.29, 1.82) is 0 Å². The molecular formula is C17H23N3OS. The molecule has 4 nitrogen and oxygen atoms in total. The Morgan fingerprint density at radius 1 is 1.41 bits per heavy atom. The number of rotatable bonds is 4. The van der Waals surface area contributed by atoms with Gasteiger partial charge in [-0.1, -0.05) is 37.6 Å². The molecule has 0 aliphatic heterocycles. The van der Waals surface area contributed by atoms with Crippen molar-refractivity contribution in [2.75, 3.05) is 5.75 Å². The summed E-state index contributed by atoms with van der Waals surface area (Å²) in [6, 6.07) is 6.49. The molecule has 3 rings (SSSR count). The van der Waals surface area contributed by atoms with Gasteiger partial charge in [-0.25, -0.2) is 4.98 Å². The first kappa shape index (κ1) is 15.4. The molecular weight excluding hydrogens is 294 g/mol. The molecule has 1 saturated carbocycles. The van der Waals surface area contributed by atoms with Crippen LogP contribution in [0.1, 0.15) is 38.2 Å². The van der Waals surface area contributed by atoms with Crippen molar-refractivity contribution >= 4 is 28.7 Å². The molecule has 1 fully saturated rings. The van der Waals surface area contributed by atoms with Gasteiger partial charge in [0.25, 0.3) is 0 Å². The summed E-state index contributed by atoms with van der Waals surface area (Å²) in [6.07, 6.45) is 4.86. The molecule has 1 heterocycles. The van der Waals surface area contributed by atoms with E-state index in [9.17, 15) is 4.79 Å². The summed E-state index contributed by atoms with van der Waals surface area (Å²) in [7, 11) is 0. The van der Waals surface area contributed by atoms with Crippen LogP contribution < -0.4 is 5.32 Å². The lowest BCUT2D eigenvalue weighted by Gasteiger charge is -2.29. The van der Waals surface area contributed by atoms with E-state index in [2.05, 4.69) is 41.3 Å². The lowest BCUT2D eigenvalue weighted by Crippen LogP contribution is -2.41. The Kier molecular flexibility index (Phi) is 4.71. The minimum Gasteiger partial charge on any atom is -0.352 e. The number of fused-ring (bicyclic) bond motifs is 1. The van der Waals surface area contributed by atoms with Gasteiger partial charge in [-0.3, -0.25) is 4.79 Å². The normalized spacial score (nSPS) is 21.9. The van der Waals surface area contributed by atoms with E-state index in [4.69, 9.17) is 0 Å². The number of carbonyl (C=O) groups is 1. The van der Waals surface area contributed by atoms with Crippen LogP contribution in [0.3, 0.4) is 0 Å². The van der Waals surface area contributed by atoms with Crippen molar-refractivity contribution in [2.24, 2.45) is 5.92 Å². The summed E-state index contributed by atoms with van der Waals surface area (Å²) in [5, 5.41) is 3.99. The topological polar surface area (TPSA) is 57.8 Å². The van der Waals surface area contributed by atoms with Gasteiger partial charge in [0, 0.05) is 6.04 Å². The van der Waals surface area contributed by atoms with Crippen molar-refractivity contribution in [2.45, 2.75) is 50.7 Å². The Morgan fingerprint density at radius 2 is 2.23 bits per heavy atom. The van der Waals surface area contributed by atoms with Crippen molar-refractivity contribution in [3.05, 3.63) is 23.8 Å². The van der Waals surface area contributed by atoms with E-state index in [-0.39, 0.29) is 5.91 Å². The minimum absolute atomic E-state index is 0.111. The quantitative estimate of drug-likeness (QED) is 0.846. The number of aromatic amines is 1. The van der Waals surface area contributed by atoms with E-state index in [1.807, 2.05) is 6.07 Å². The molecule has 1 aromatic heterocycles. The minimum atomic E-state index is 0.111. The average Bonchev–Trinajstić information content (AvgIpc) is 2.89. The second kappa shape index (κ2) is 6.73. The van der Waals surface area contributed by atoms with Crippen molar-refractivity contribution in [1.82, 2.24) is 15.3 Å². The van der Waals surface area contributed by atoms with Crippen LogP contribution in [-0.2, 0) is 4.79 Å². The van der Waals surface area contributed by atoms with Gasteiger partial charge < -0.3 is 10.3 Å². The standard InChI is InChI=1S/C17H23N3OS/c1-11-7-8-14-15(9-11)20-17(19-14)22-10-16(21)18-13-6-4-3-5-12(13)2/h7-9,12-13H,3-6,10H2,1-2H3,(H,18,21)(H,19,20)/t12-,13-/m1/s1. The van der Waals surface area contributed by atoms with Crippen LogP contribution in [0.25, 0.3) is 11.0 Å². The number of imidazole rings is 1. The number of amides is 1. The molecule has 1 amide bonds. The zero-order valence-electron chi connectivity index (χ0n) is 13.2. The van der Waals surface area contributed by atoms with Gasteiger partial charge in [0.05, 0.1) is 16.8 Å². The Balaban J connectivity index is 1.55. The number of nitrogens with zero attached hydrogens (tertiary/aromatic N) is 1. The fraction of sp³-hybridized carbons (Fsp3) is 0.529. The molecule has 1 aliphatic rings. The number of hydrogen-bond donors (Lipinski definition) is 2. The van der Waals surface area contributed by atoms with E-state index in [0.717, 1.165) is 22.6 Å². The molecule has 1 aliphatic carbocycles. The third kappa shape index (κ3) is 3.64. The Labute approximate surface area is 135 Å². The monoisotopic (exact) mass is 317 g/mol. The maximum absolute atomic E-state index is 12.1. The van der Waals surface area contributed by atoms with Gasteiger partial charge in [0.2, 0.25) is 5.91 Å². The van der Waals surface area contributed by atoms with Gasteiger partial charge in [-0.2, -0.15) is 0 Å². The molecule has 0 unspecified atom stereocenters. The first-order chi connectivity index (χ1) is 10.6. The number of carbonyl (C=O) groups excluding carboxylic acids is 1. The molecule has 0 bridgehead atoms. The lowest BCUT2D eigenvalue weighted by molar-refractivity contribution is -0.119. The maximum Gasteiger partial charge on any atom is 0.230 e. The highest BCUT2D eigenvalue weighted by atomic mass is 32.2. The summed E-state index contributed by atoms with van der Waals surface area (Å²) >= 11 is 1.47. The van der Waals surface area contributed by atoms with Gasteiger partial charge in [0.1, 0.15) is 0 Å². The second-order valence-corrected chi connectivity index (χ2v) is 7.25. The fourth-order valence-electron chi connectivity index (χ4n) is 3.08.